The molecule has 3 nitrogen and oxygen atoms in total. The summed E-state index contributed by atoms with van der Waals surface area (Å²) in [7, 11) is 0. The van der Waals surface area contributed by atoms with Crippen LogP contribution in [0.25, 0.3) is 0 Å². The third-order valence-corrected chi connectivity index (χ3v) is 4.20. The summed E-state index contributed by atoms with van der Waals surface area (Å²) in [5, 5.41) is 4.66. The number of hydrogen-bond donors (Lipinski definition) is 1. The van der Waals surface area contributed by atoms with Crippen molar-refractivity contribution in [2.45, 2.75) is 39.2 Å². The molecule has 0 saturated carbocycles. The molecule has 0 aromatic carbocycles. The number of aromatic nitrogens is 1. The third kappa shape index (κ3) is 2.62. The Labute approximate surface area is 101 Å². The van der Waals surface area contributed by atoms with Crippen molar-refractivity contribution in [3.8, 4) is 0 Å². The Morgan fingerprint density at radius 3 is 3.00 bits per heavy atom. The molecule has 1 aliphatic rings. The molecule has 1 N–H and O–H groups in total. The lowest BCUT2D eigenvalue weighted by Crippen LogP contribution is -2.11. The van der Waals surface area contributed by atoms with Crippen LogP contribution in [-0.2, 0) is 17.7 Å². The first-order chi connectivity index (χ1) is 7.85. The standard InChI is InChI=1S/C12H20N2OS/c1-3-10-11(7-13-4-2)16-12(14-10)9-5-6-15-8-9/h9,13H,3-8H2,1-2H3. The Kier molecular flexibility index (Phi) is 4.32. The van der Waals surface area contributed by atoms with E-state index in [1.165, 1.54) is 15.6 Å². The molecule has 90 valence electrons. The van der Waals surface area contributed by atoms with E-state index in [1.807, 2.05) is 11.3 Å². The van der Waals surface area contributed by atoms with E-state index in [0.717, 1.165) is 39.1 Å². The fourth-order valence-electron chi connectivity index (χ4n) is 1.96. The molecule has 0 spiro atoms. The van der Waals surface area contributed by atoms with Crippen molar-refractivity contribution in [2.24, 2.45) is 0 Å². The fourth-order valence-corrected chi connectivity index (χ4v) is 3.20. The number of nitrogens with zero attached hydrogens (tertiary/aromatic N) is 1. The Bertz CT molecular complexity index is 332. The summed E-state index contributed by atoms with van der Waals surface area (Å²) in [6.07, 6.45) is 2.17. The van der Waals surface area contributed by atoms with Gasteiger partial charge in [0.25, 0.3) is 0 Å². The van der Waals surface area contributed by atoms with Gasteiger partial charge in [-0.2, -0.15) is 0 Å². The van der Waals surface area contributed by atoms with E-state index in [0.29, 0.717) is 5.92 Å². The maximum atomic E-state index is 5.43. The van der Waals surface area contributed by atoms with E-state index in [2.05, 4.69) is 19.2 Å². The molecule has 1 aromatic heterocycles. The van der Waals surface area contributed by atoms with Crippen LogP contribution in [0.15, 0.2) is 0 Å². The molecule has 2 heterocycles. The number of aryl methyl sites for hydroxylation is 1. The summed E-state index contributed by atoms with van der Waals surface area (Å²) in [4.78, 5) is 6.17. The highest BCUT2D eigenvalue weighted by molar-refractivity contribution is 7.11. The predicted molar refractivity (Wildman–Crippen MR) is 67.0 cm³/mol. The quantitative estimate of drug-likeness (QED) is 0.857. The number of thiazole rings is 1. The maximum absolute atomic E-state index is 5.43. The molecular weight excluding hydrogens is 220 g/mol. The van der Waals surface area contributed by atoms with Gasteiger partial charge in [-0.05, 0) is 19.4 Å². The van der Waals surface area contributed by atoms with Crippen molar-refractivity contribution in [2.75, 3.05) is 19.8 Å². The molecule has 0 radical (unpaired) electrons. The Hall–Kier alpha value is -0.450. The fraction of sp³-hybridized carbons (Fsp3) is 0.750. The van der Waals surface area contributed by atoms with Gasteiger partial charge in [0, 0.05) is 23.9 Å². The zero-order chi connectivity index (χ0) is 11.4. The molecule has 1 fully saturated rings. The van der Waals surface area contributed by atoms with Crippen molar-refractivity contribution < 1.29 is 4.74 Å². The Balaban J connectivity index is 2.10. The lowest BCUT2D eigenvalue weighted by molar-refractivity contribution is 0.194. The second-order valence-corrected chi connectivity index (χ2v) is 5.23. The van der Waals surface area contributed by atoms with E-state index in [1.54, 1.807) is 0 Å². The van der Waals surface area contributed by atoms with Gasteiger partial charge in [-0.3, -0.25) is 0 Å². The second kappa shape index (κ2) is 5.75. The summed E-state index contributed by atoms with van der Waals surface area (Å²) in [6, 6.07) is 0. The Morgan fingerprint density at radius 2 is 2.38 bits per heavy atom. The molecule has 1 aliphatic heterocycles. The van der Waals surface area contributed by atoms with Crippen LogP contribution in [0.5, 0.6) is 0 Å². The Morgan fingerprint density at radius 1 is 1.50 bits per heavy atom. The molecule has 16 heavy (non-hydrogen) atoms. The molecule has 1 aromatic rings. The minimum atomic E-state index is 0.547. The number of nitrogens with one attached hydrogen (secondary N) is 1. The van der Waals surface area contributed by atoms with Gasteiger partial charge in [0.05, 0.1) is 17.3 Å². The number of rotatable bonds is 5. The van der Waals surface area contributed by atoms with Gasteiger partial charge in [0.1, 0.15) is 0 Å². The summed E-state index contributed by atoms with van der Waals surface area (Å²) in [5.41, 5.74) is 1.27. The molecule has 1 unspecified atom stereocenters. The van der Waals surface area contributed by atoms with Crippen LogP contribution >= 0.6 is 11.3 Å². The molecule has 1 atom stereocenters. The van der Waals surface area contributed by atoms with Gasteiger partial charge in [0.2, 0.25) is 0 Å². The van der Waals surface area contributed by atoms with E-state index >= 15 is 0 Å². The summed E-state index contributed by atoms with van der Waals surface area (Å²) in [6.45, 7) is 8.05. The molecule has 2 rings (SSSR count). The van der Waals surface area contributed by atoms with Crippen molar-refractivity contribution in [3.05, 3.63) is 15.6 Å². The number of hydrogen-bond acceptors (Lipinski definition) is 4. The first-order valence-corrected chi connectivity index (χ1v) is 6.93. The van der Waals surface area contributed by atoms with Gasteiger partial charge >= 0.3 is 0 Å². The molecule has 4 heteroatoms. The minimum absolute atomic E-state index is 0.547. The lowest BCUT2D eigenvalue weighted by atomic mass is 10.1. The predicted octanol–water partition coefficient (Wildman–Crippen LogP) is 2.32. The smallest absolute Gasteiger partial charge is 0.0986 e. The van der Waals surface area contributed by atoms with Crippen molar-refractivity contribution in [1.29, 1.82) is 0 Å². The second-order valence-electron chi connectivity index (χ2n) is 4.12. The topological polar surface area (TPSA) is 34.1 Å². The molecule has 0 aliphatic carbocycles. The first-order valence-electron chi connectivity index (χ1n) is 6.12. The summed E-state index contributed by atoms with van der Waals surface area (Å²) < 4.78 is 5.43. The average Bonchev–Trinajstić information content (AvgIpc) is 2.94. The minimum Gasteiger partial charge on any atom is -0.381 e. The SMILES string of the molecule is CCNCc1sc(C2CCOC2)nc1CC. The normalized spacial score (nSPS) is 20.5. The van der Waals surface area contributed by atoms with Crippen LogP contribution in [0.2, 0.25) is 0 Å². The monoisotopic (exact) mass is 240 g/mol. The van der Waals surface area contributed by atoms with Gasteiger partial charge in [-0.1, -0.05) is 13.8 Å². The van der Waals surface area contributed by atoms with Crippen LogP contribution in [0.3, 0.4) is 0 Å². The highest BCUT2D eigenvalue weighted by Crippen LogP contribution is 2.30. The van der Waals surface area contributed by atoms with Crippen molar-refractivity contribution >= 4 is 11.3 Å². The van der Waals surface area contributed by atoms with E-state index < -0.39 is 0 Å². The van der Waals surface area contributed by atoms with Crippen LogP contribution in [0, 0.1) is 0 Å². The van der Waals surface area contributed by atoms with Gasteiger partial charge in [-0.15, -0.1) is 11.3 Å². The van der Waals surface area contributed by atoms with Crippen molar-refractivity contribution in [1.82, 2.24) is 10.3 Å². The van der Waals surface area contributed by atoms with Gasteiger partial charge < -0.3 is 10.1 Å². The van der Waals surface area contributed by atoms with E-state index in [4.69, 9.17) is 9.72 Å². The third-order valence-electron chi connectivity index (χ3n) is 2.94. The summed E-state index contributed by atoms with van der Waals surface area (Å²) >= 11 is 1.87. The highest BCUT2D eigenvalue weighted by atomic mass is 32.1. The molecule has 0 amide bonds. The molecule has 1 saturated heterocycles. The van der Waals surface area contributed by atoms with E-state index in [-0.39, 0.29) is 0 Å². The zero-order valence-corrected chi connectivity index (χ0v) is 10.9. The average molecular weight is 240 g/mol. The zero-order valence-electron chi connectivity index (χ0n) is 10.1. The molecule has 0 bridgehead atoms. The van der Waals surface area contributed by atoms with Crippen LogP contribution in [0.1, 0.15) is 41.8 Å². The van der Waals surface area contributed by atoms with Crippen molar-refractivity contribution in [3.63, 3.8) is 0 Å². The highest BCUT2D eigenvalue weighted by Gasteiger charge is 2.22. The number of ether oxygens (including phenoxy) is 1. The maximum Gasteiger partial charge on any atom is 0.0986 e. The largest absolute Gasteiger partial charge is 0.381 e. The first kappa shape index (κ1) is 12.0. The summed E-state index contributed by atoms with van der Waals surface area (Å²) in [5.74, 6) is 0.547. The van der Waals surface area contributed by atoms with Crippen LogP contribution < -0.4 is 5.32 Å². The van der Waals surface area contributed by atoms with Crippen LogP contribution in [0.4, 0.5) is 0 Å². The van der Waals surface area contributed by atoms with Gasteiger partial charge in [0.15, 0.2) is 0 Å². The van der Waals surface area contributed by atoms with E-state index in [9.17, 15) is 0 Å². The van der Waals surface area contributed by atoms with Gasteiger partial charge in [-0.25, -0.2) is 4.98 Å². The molecular formula is C12H20N2OS. The van der Waals surface area contributed by atoms with Crippen LogP contribution in [-0.4, -0.2) is 24.7 Å². The lowest BCUT2D eigenvalue weighted by Gasteiger charge is -2.00.